The molecule has 1 atom stereocenters. The standard InChI is InChI=1S/C32H28N2O5/c1-21(2)38-26-13-11-23(12-14-26)30(35)28-29(34(32(37)31(28)36)20-22-15-17-33-18-16-22)24-7-6-10-27(19-24)39-25-8-4-3-5-9-25/h3-19,21,29,35H,20H2,1-2H3/b30-28-. The lowest BCUT2D eigenvalue weighted by atomic mass is 9.95. The number of nitrogens with zero attached hydrogens (tertiary/aromatic N) is 2. The van der Waals surface area contributed by atoms with Gasteiger partial charge in [0, 0.05) is 24.5 Å². The second kappa shape index (κ2) is 11.2. The van der Waals surface area contributed by atoms with Gasteiger partial charge in [0.2, 0.25) is 0 Å². The quantitative estimate of drug-likeness (QED) is 0.167. The second-order valence-corrected chi connectivity index (χ2v) is 9.46. The normalized spacial score (nSPS) is 16.5. The average Bonchev–Trinajstić information content (AvgIpc) is 3.19. The monoisotopic (exact) mass is 520 g/mol. The van der Waals surface area contributed by atoms with Gasteiger partial charge in [-0.2, -0.15) is 0 Å². The number of para-hydroxylation sites is 1. The molecule has 39 heavy (non-hydrogen) atoms. The molecule has 7 nitrogen and oxygen atoms in total. The highest BCUT2D eigenvalue weighted by Crippen LogP contribution is 2.41. The third kappa shape index (κ3) is 5.67. The van der Waals surface area contributed by atoms with Crippen LogP contribution in [0.3, 0.4) is 0 Å². The van der Waals surface area contributed by atoms with Crippen molar-refractivity contribution in [3.8, 4) is 17.2 Å². The van der Waals surface area contributed by atoms with Crippen molar-refractivity contribution < 1.29 is 24.2 Å². The van der Waals surface area contributed by atoms with E-state index in [-0.39, 0.29) is 24.0 Å². The molecule has 0 radical (unpaired) electrons. The molecule has 1 aromatic heterocycles. The number of likely N-dealkylation sites (tertiary alicyclic amines) is 1. The molecule has 7 heteroatoms. The zero-order chi connectivity index (χ0) is 27.4. The number of hydrogen-bond acceptors (Lipinski definition) is 6. The van der Waals surface area contributed by atoms with Crippen LogP contribution in [-0.4, -0.2) is 32.8 Å². The summed E-state index contributed by atoms with van der Waals surface area (Å²) in [6, 6.07) is 26.1. The molecular formula is C32H28N2O5. The maximum atomic E-state index is 13.4. The van der Waals surface area contributed by atoms with Crippen molar-refractivity contribution in [2.75, 3.05) is 0 Å². The van der Waals surface area contributed by atoms with E-state index in [1.165, 1.54) is 4.90 Å². The number of ketones is 1. The molecule has 0 bridgehead atoms. The SMILES string of the molecule is CC(C)Oc1ccc(/C(O)=C2/C(=O)C(=O)N(Cc3ccncc3)C2c2cccc(Oc3ccccc3)c2)cc1. The maximum absolute atomic E-state index is 13.4. The van der Waals surface area contributed by atoms with Crippen LogP contribution in [0.1, 0.15) is 36.6 Å². The molecule has 196 valence electrons. The van der Waals surface area contributed by atoms with Gasteiger partial charge in [-0.25, -0.2) is 0 Å². The summed E-state index contributed by atoms with van der Waals surface area (Å²) < 4.78 is 11.7. The average molecular weight is 521 g/mol. The number of hydrogen-bond donors (Lipinski definition) is 1. The van der Waals surface area contributed by atoms with Crippen molar-refractivity contribution in [2.45, 2.75) is 32.5 Å². The second-order valence-electron chi connectivity index (χ2n) is 9.46. The van der Waals surface area contributed by atoms with E-state index in [9.17, 15) is 14.7 Å². The number of amides is 1. The fourth-order valence-corrected chi connectivity index (χ4v) is 4.57. The van der Waals surface area contributed by atoms with Crippen LogP contribution in [0.15, 0.2) is 109 Å². The number of aliphatic hydroxyl groups is 1. The fourth-order valence-electron chi connectivity index (χ4n) is 4.57. The van der Waals surface area contributed by atoms with Gasteiger partial charge in [-0.05, 0) is 85.6 Å². The summed E-state index contributed by atoms with van der Waals surface area (Å²) >= 11 is 0. The predicted molar refractivity (Wildman–Crippen MR) is 147 cm³/mol. The molecule has 1 N–H and O–H groups in total. The molecule has 4 aromatic rings. The first kappa shape index (κ1) is 25.7. The summed E-state index contributed by atoms with van der Waals surface area (Å²) in [5, 5.41) is 11.4. The molecule has 1 aliphatic rings. The van der Waals surface area contributed by atoms with Crippen LogP contribution in [0.25, 0.3) is 5.76 Å². The van der Waals surface area contributed by atoms with E-state index in [1.54, 1.807) is 67.0 Å². The third-order valence-electron chi connectivity index (χ3n) is 6.29. The molecule has 1 fully saturated rings. The van der Waals surface area contributed by atoms with Gasteiger partial charge >= 0.3 is 0 Å². The van der Waals surface area contributed by atoms with E-state index in [2.05, 4.69) is 4.98 Å². The van der Waals surface area contributed by atoms with Crippen LogP contribution < -0.4 is 9.47 Å². The van der Waals surface area contributed by atoms with Crippen LogP contribution in [0.2, 0.25) is 0 Å². The molecule has 3 aromatic carbocycles. The Morgan fingerprint density at radius 1 is 0.872 bits per heavy atom. The van der Waals surface area contributed by atoms with Crippen LogP contribution in [0, 0.1) is 0 Å². The largest absolute Gasteiger partial charge is 0.507 e. The predicted octanol–water partition coefficient (Wildman–Crippen LogP) is 6.28. The number of carbonyl (C=O) groups excluding carboxylic acids is 2. The van der Waals surface area contributed by atoms with E-state index < -0.39 is 17.7 Å². The molecule has 1 saturated heterocycles. The van der Waals surface area contributed by atoms with Gasteiger partial charge in [-0.15, -0.1) is 0 Å². The number of carbonyl (C=O) groups is 2. The van der Waals surface area contributed by atoms with E-state index in [0.717, 1.165) is 5.56 Å². The van der Waals surface area contributed by atoms with Crippen molar-refractivity contribution in [2.24, 2.45) is 0 Å². The molecule has 1 unspecified atom stereocenters. The summed E-state index contributed by atoms with van der Waals surface area (Å²) in [5.41, 5.74) is 1.87. The molecule has 5 rings (SSSR count). The topological polar surface area (TPSA) is 89.0 Å². The Kier molecular flexibility index (Phi) is 7.41. The third-order valence-corrected chi connectivity index (χ3v) is 6.29. The number of ether oxygens (including phenoxy) is 2. The van der Waals surface area contributed by atoms with E-state index in [0.29, 0.717) is 28.4 Å². The number of pyridine rings is 1. The Bertz CT molecular complexity index is 1500. The smallest absolute Gasteiger partial charge is 0.295 e. The Morgan fingerprint density at radius 3 is 2.26 bits per heavy atom. The minimum absolute atomic E-state index is 0.00617. The van der Waals surface area contributed by atoms with Gasteiger partial charge in [0.15, 0.2) is 0 Å². The zero-order valence-corrected chi connectivity index (χ0v) is 21.7. The van der Waals surface area contributed by atoms with Gasteiger partial charge < -0.3 is 19.5 Å². The Labute approximate surface area is 227 Å². The lowest BCUT2D eigenvalue weighted by molar-refractivity contribution is -0.140. The first-order valence-electron chi connectivity index (χ1n) is 12.7. The van der Waals surface area contributed by atoms with E-state index in [4.69, 9.17) is 9.47 Å². The van der Waals surface area contributed by atoms with Crippen molar-refractivity contribution in [1.82, 2.24) is 9.88 Å². The van der Waals surface area contributed by atoms with Gasteiger partial charge in [-0.1, -0.05) is 30.3 Å². The lowest BCUT2D eigenvalue weighted by Gasteiger charge is -2.26. The molecule has 1 amide bonds. The van der Waals surface area contributed by atoms with Gasteiger partial charge in [-0.3, -0.25) is 14.6 Å². The van der Waals surface area contributed by atoms with Crippen molar-refractivity contribution in [3.63, 3.8) is 0 Å². The first-order chi connectivity index (χ1) is 18.9. The summed E-state index contributed by atoms with van der Waals surface area (Å²) in [6.07, 6.45) is 3.26. The van der Waals surface area contributed by atoms with Crippen LogP contribution in [0.5, 0.6) is 17.2 Å². The highest BCUT2D eigenvalue weighted by molar-refractivity contribution is 6.46. The zero-order valence-electron chi connectivity index (χ0n) is 21.7. The van der Waals surface area contributed by atoms with Gasteiger partial charge in [0.1, 0.15) is 23.0 Å². The minimum Gasteiger partial charge on any atom is -0.507 e. The van der Waals surface area contributed by atoms with Crippen molar-refractivity contribution in [1.29, 1.82) is 0 Å². The first-order valence-corrected chi connectivity index (χ1v) is 12.7. The number of aromatic nitrogens is 1. The van der Waals surface area contributed by atoms with Gasteiger partial charge in [0.05, 0.1) is 17.7 Å². The number of benzene rings is 3. The van der Waals surface area contributed by atoms with Crippen LogP contribution in [-0.2, 0) is 16.1 Å². The highest BCUT2D eigenvalue weighted by atomic mass is 16.5. The minimum atomic E-state index is -0.830. The van der Waals surface area contributed by atoms with Crippen molar-refractivity contribution >= 4 is 17.4 Å². The Balaban J connectivity index is 1.58. The van der Waals surface area contributed by atoms with Gasteiger partial charge in [0.25, 0.3) is 11.7 Å². The molecule has 0 spiro atoms. The summed E-state index contributed by atoms with van der Waals surface area (Å²) in [7, 11) is 0. The Hall–Kier alpha value is -4.91. The maximum Gasteiger partial charge on any atom is 0.295 e. The van der Waals surface area contributed by atoms with Crippen molar-refractivity contribution in [3.05, 3.63) is 126 Å². The molecule has 0 aliphatic carbocycles. The van der Waals surface area contributed by atoms with E-state index >= 15 is 0 Å². The Morgan fingerprint density at radius 2 is 1.56 bits per heavy atom. The molecule has 0 saturated carbocycles. The van der Waals surface area contributed by atoms with Crippen LogP contribution >= 0.6 is 0 Å². The number of rotatable bonds is 8. The van der Waals surface area contributed by atoms with Crippen LogP contribution in [0.4, 0.5) is 0 Å². The molecular weight excluding hydrogens is 492 g/mol. The number of aliphatic hydroxyl groups excluding tert-OH is 1. The summed E-state index contributed by atoms with van der Waals surface area (Å²) in [6.45, 7) is 4.01. The highest BCUT2D eigenvalue weighted by Gasteiger charge is 2.46. The summed E-state index contributed by atoms with van der Waals surface area (Å²) in [4.78, 5) is 32.3. The summed E-state index contributed by atoms with van der Waals surface area (Å²) in [5.74, 6) is 0.159. The molecule has 1 aliphatic heterocycles. The fraction of sp³-hybridized carbons (Fsp3) is 0.156. The molecule has 2 heterocycles. The number of Topliss-reactive ketones (excluding diaryl/α,β-unsaturated/α-hetero) is 1. The lowest BCUT2D eigenvalue weighted by Crippen LogP contribution is -2.29. The van der Waals surface area contributed by atoms with E-state index in [1.807, 2.05) is 50.2 Å².